The van der Waals surface area contributed by atoms with Crippen molar-refractivity contribution in [2.24, 2.45) is 0 Å². The van der Waals surface area contributed by atoms with E-state index < -0.39 is 0 Å². The van der Waals surface area contributed by atoms with Gasteiger partial charge in [-0.05, 0) is 30.0 Å². The molecule has 0 atom stereocenters. The van der Waals surface area contributed by atoms with Gasteiger partial charge in [0, 0.05) is 5.56 Å². The fraction of sp³-hybridized carbons (Fsp3) is 0.462. The Hall–Kier alpha value is -1.35. The molecule has 3 heteroatoms. The van der Waals surface area contributed by atoms with Gasteiger partial charge in [-0.25, -0.2) is 5.48 Å². The Morgan fingerprint density at radius 2 is 1.81 bits per heavy atom. The maximum absolute atomic E-state index is 11.5. The number of hydrogen-bond donors (Lipinski definition) is 1. The number of hydroxylamine groups is 1. The highest BCUT2D eigenvalue weighted by atomic mass is 16.6. The number of carbonyl (C=O) groups excluding carboxylic acids is 1. The molecule has 0 aliphatic carbocycles. The molecule has 88 valence electrons. The number of amides is 1. The van der Waals surface area contributed by atoms with Crippen LogP contribution in [0.15, 0.2) is 24.3 Å². The lowest BCUT2D eigenvalue weighted by molar-refractivity contribution is 0.0364. The first-order chi connectivity index (χ1) is 7.45. The van der Waals surface area contributed by atoms with Gasteiger partial charge in [0.25, 0.3) is 5.91 Å². The zero-order valence-electron chi connectivity index (χ0n) is 10.3. The highest BCUT2D eigenvalue weighted by Crippen LogP contribution is 2.22. The SMILES string of the molecule is CCONC(=O)c1ccc(C(C)(C)C)cc1. The topological polar surface area (TPSA) is 38.3 Å². The van der Waals surface area contributed by atoms with E-state index in [9.17, 15) is 4.79 Å². The molecule has 0 saturated heterocycles. The van der Waals surface area contributed by atoms with Gasteiger partial charge in [-0.1, -0.05) is 32.9 Å². The van der Waals surface area contributed by atoms with Crippen LogP contribution in [0.4, 0.5) is 0 Å². The molecular formula is C13H19NO2. The summed E-state index contributed by atoms with van der Waals surface area (Å²) in [7, 11) is 0. The molecule has 0 aliphatic rings. The minimum Gasteiger partial charge on any atom is -0.274 e. The van der Waals surface area contributed by atoms with Gasteiger partial charge in [0.2, 0.25) is 0 Å². The Morgan fingerprint density at radius 1 is 1.25 bits per heavy atom. The van der Waals surface area contributed by atoms with Crippen molar-refractivity contribution >= 4 is 5.91 Å². The third kappa shape index (κ3) is 3.35. The molecule has 3 nitrogen and oxygen atoms in total. The quantitative estimate of drug-likeness (QED) is 0.797. The van der Waals surface area contributed by atoms with E-state index in [-0.39, 0.29) is 11.3 Å². The van der Waals surface area contributed by atoms with Crippen molar-refractivity contribution < 1.29 is 9.63 Å². The van der Waals surface area contributed by atoms with Crippen LogP contribution in [0.2, 0.25) is 0 Å². The smallest absolute Gasteiger partial charge is 0.274 e. The molecule has 0 radical (unpaired) electrons. The maximum atomic E-state index is 11.5. The number of hydrogen-bond acceptors (Lipinski definition) is 2. The normalized spacial score (nSPS) is 11.2. The van der Waals surface area contributed by atoms with Crippen LogP contribution in [0.25, 0.3) is 0 Å². The van der Waals surface area contributed by atoms with E-state index in [1.54, 1.807) is 0 Å². The summed E-state index contributed by atoms with van der Waals surface area (Å²) in [5.41, 5.74) is 4.30. The summed E-state index contributed by atoms with van der Waals surface area (Å²) in [6.45, 7) is 8.71. The molecule has 0 fully saturated rings. The lowest BCUT2D eigenvalue weighted by Crippen LogP contribution is -2.23. The van der Waals surface area contributed by atoms with E-state index in [2.05, 4.69) is 26.3 Å². The highest BCUT2D eigenvalue weighted by Gasteiger charge is 2.14. The van der Waals surface area contributed by atoms with Gasteiger partial charge in [-0.2, -0.15) is 0 Å². The fourth-order valence-electron chi connectivity index (χ4n) is 1.32. The van der Waals surface area contributed by atoms with Gasteiger partial charge < -0.3 is 0 Å². The van der Waals surface area contributed by atoms with E-state index in [1.807, 2.05) is 31.2 Å². The summed E-state index contributed by atoms with van der Waals surface area (Å²) in [5, 5.41) is 0. The van der Waals surface area contributed by atoms with Crippen molar-refractivity contribution in [1.82, 2.24) is 5.48 Å². The van der Waals surface area contributed by atoms with Crippen molar-refractivity contribution in [3.63, 3.8) is 0 Å². The number of carbonyl (C=O) groups is 1. The first-order valence-electron chi connectivity index (χ1n) is 5.48. The molecule has 1 aromatic rings. The zero-order chi connectivity index (χ0) is 12.2. The summed E-state index contributed by atoms with van der Waals surface area (Å²) in [6, 6.07) is 7.57. The van der Waals surface area contributed by atoms with Gasteiger partial charge >= 0.3 is 0 Å². The fourth-order valence-corrected chi connectivity index (χ4v) is 1.32. The molecule has 0 aromatic heterocycles. The molecule has 0 bridgehead atoms. The zero-order valence-corrected chi connectivity index (χ0v) is 10.3. The lowest BCUT2D eigenvalue weighted by atomic mass is 9.87. The summed E-state index contributed by atoms with van der Waals surface area (Å²) >= 11 is 0. The van der Waals surface area contributed by atoms with Crippen molar-refractivity contribution in [3.8, 4) is 0 Å². The maximum Gasteiger partial charge on any atom is 0.274 e. The molecule has 0 saturated carbocycles. The van der Waals surface area contributed by atoms with Crippen molar-refractivity contribution in [2.45, 2.75) is 33.1 Å². The molecule has 0 unspecified atom stereocenters. The van der Waals surface area contributed by atoms with Crippen molar-refractivity contribution in [3.05, 3.63) is 35.4 Å². The third-order valence-electron chi connectivity index (χ3n) is 2.32. The molecule has 0 heterocycles. The van der Waals surface area contributed by atoms with Crippen LogP contribution >= 0.6 is 0 Å². The van der Waals surface area contributed by atoms with Crippen LogP contribution in [0.5, 0.6) is 0 Å². The van der Waals surface area contributed by atoms with Gasteiger partial charge in [0.1, 0.15) is 0 Å². The average molecular weight is 221 g/mol. The van der Waals surface area contributed by atoms with E-state index in [0.717, 1.165) is 0 Å². The Morgan fingerprint density at radius 3 is 2.25 bits per heavy atom. The Bertz CT molecular complexity index is 349. The van der Waals surface area contributed by atoms with Crippen LogP contribution in [-0.4, -0.2) is 12.5 Å². The van der Waals surface area contributed by atoms with Gasteiger partial charge in [-0.3, -0.25) is 9.63 Å². The van der Waals surface area contributed by atoms with Crippen LogP contribution in [0.3, 0.4) is 0 Å². The average Bonchev–Trinajstić information content (AvgIpc) is 2.25. The van der Waals surface area contributed by atoms with E-state index in [1.165, 1.54) is 5.56 Å². The van der Waals surface area contributed by atoms with Gasteiger partial charge in [0.05, 0.1) is 6.61 Å². The second kappa shape index (κ2) is 5.12. The Labute approximate surface area is 96.8 Å². The highest BCUT2D eigenvalue weighted by molar-refractivity contribution is 5.93. The first kappa shape index (κ1) is 12.7. The molecule has 1 amide bonds. The Kier molecular flexibility index (Phi) is 4.07. The summed E-state index contributed by atoms with van der Waals surface area (Å²) in [6.07, 6.45) is 0. The summed E-state index contributed by atoms with van der Waals surface area (Å²) < 4.78 is 0. The number of rotatable bonds is 3. The van der Waals surface area contributed by atoms with Gasteiger partial charge in [-0.15, -0.1) is 0 Å². The molecule has 1 aromatic carbocycles. The van der Waals surface area contributed by atoms with E-state index in [0.29, 0.717) is 12.2 Å². The monoisotopic (exact) mass is 221 g/mol. The first-order valence-corrected chi connectivity index (χ1v) is 5.48. The standard InChI is InChI=1S/C13H19NO2/c1-5-16-14-12(15)10-6-8-11(9-7-10)13(2,3)4/h6-9H,5H2,1-4H3,(H,14,15). The second-order valence-corrected chi connectivity index (χ2v) is 4.69. The largest absolute Gasteiger partial charge is 0.274 e. The van der Waals surface area contributed by atoms with Crippen molar-refractivity contribution in [2.75, 3.05) is 6.61 Å². The third-order valence-corrected chi connectivity index (χ3v) is 2.32. The Balaban J connectivity index is 2.75. The second-order valence-electron chi connectivity index (χ2n) is 4.69. The predicted molar refractivity (Wildman–Crippen MR) is 64.2 cm³/mol. The number of nitrogens with one attached hydrogen (secondary N) is 1. The van der Waals surface area contributed by atoms with Crippen LogP contribution in [0, 0.1) is 0 Å². The molecule has 0 aliphatic heterocycles. The van der Waals surface area contributed by atoms with E-state index in [4.69, 9.17) is 4.84 Å². The lowest BCUT2D eigenvalue weighted by Gasteiger charge is -2.18. The summed E-state index contributed by atoms with van der Waals surface area (Å²) in [5.74, 6) is -0.206. The van der Waals surface area contributed by atoms with Crippen LogP contribution in [0.1, 0.15) is 43.6 Å². The van der Waals surface area contributed by atoms with Crippen LogP contribution < -0.4 is 5.48 Å². The minimum atomic E-state index is -0.206. The van der Waals surface area contributed by atoms with Gasteiger partial charge in [0.15, 0.2) is 0 Å². The molecule has 1 rings (SSSR count). The number of benzene rings is 1. The predicted octanol–water partition coefficient (Wildman–Crippen LogP) is 2.67. The minimum absolute atomic E-state index is 0.106. The summed E-state index contributed by atoms with van der Waals surface area (Å²) in [4.78, 5) is 16.4. The van der Waals surface area contributed by atoms with E-state index >= 15 is 0 Å². The molecule has 1 N–H and O–H groups in total. The van der Waals surface area contributed by atoms with Crippen molar-refractivity contribution in [1.29, 1.82) is 0 Å². The molecular weight excluding hydrogens is 202 g/mol. The molecule has 0 spiro atoms. The molecule has 16 heavy (non-hydrogen) atoms. The van der Waals surface area contributed by atoms with Crippen LogP contribution in [-0.2, 0) is 10.3 Å².